The van der Waals surface area contributed by atoms with E-state index in [0.717, 1.165) is 22.4 Å². The number of rotatable bonds is 4. The molecule has 0 bridgehead atoms. The van der Waals surface area contributed by atoms with Gasteiger partial charge in [-0.05, 0) is 31.5 Å². The Morgan fingerprint density at radius 1 is 1.53 bits per heavy atom. The van der Waals surface area contributed by atoms with Gasteiger partial charge < -0.3 is 15.6 Å². The minimum atomic E-state index is -0.196. The highest BCUT2D eigenvalue weighted by atomic mass is 16.1. The Morgan fingerprint density at radius 2 is 2.26 bits per heavy atom. The number of amides is 1. The minimum Gasteiger partial charge on any atom is -0.354 e. The van der Waals surface area contributed by atoms with E-state index in [4.69, 9.17) is 5.73 Å². The smallest absolute Gasteiger partial charge is 0.227 e. The van der Waals surface area contributed by atoms with E-state index in [1.54, 1.807) is 0 Å². The number of imidazole rings is 1. The zero-order valence-corrected chi connectivity index (χ0v) is 11.6. The third-order valence-electron chi connectivity index (χ3n) is 3.47. The Morgan fingerprint density at radius 3 is 2.95 bits per heavy atom. The quantitative estimate of drug-likeness (QED) is 0.863. The fraction of sp³-hybridized carbons (Fsp3) is 0.429. The number of aromatic nitrogens is 2. The molecule has 1 heterocycles. The fourth-order valence-corrected chi connectivity index (χ4v) is 2.11. The topological polar surface area (TPSA) is 72.9 Å². The molecule has 1 unspecified atom stereocenters. The van der Waals surface area contributed by atoms with Crippen LogP contribution < -0.4 is 11.1 Å². The molecule has 5 heteroatoms. The molecule has 0 fully saturated rings. The molecule has 1 aromatic heterocycles. The number of carbonyl (C=O) groups excluding carboxylic acids is 1. The second-order valence-electron chi connectivity index (χ2n) is 4.77. The number of carbonyl (C=O) groups is 1. The predicted molar refractivity (Wildman–Crippen MR) is 75.9 cm³/mol. The third-order valence-corrected chi connectivity index (χ3v) is 3.47. The fourth-order valence-electron chi connectivity index (χ4n) is 2.11. The summed E-state index contributed by atoms with van der Waals surface area (Å²) in [6, 6.07) is 5.97. The van der Waals surface area contributed by atoms with E-state index in [1.165, 1.54) is 0 Å². The maximum absolute atomic E-state index is 11.9. The average Bonchev–Trinajstić information content (AvgIpc) is 2.70. The van der Waals surface area contributed by atoms with E-state index >= 15 is 0 Å². The van der Waals surface area contributed by atoms with Crippen molar-refractivity contribution < 1.29 is 4.79 Å². The van der Waals surface area contributed by atoms with E-state index in [2.05, 4.69) is 10.3 Å². The van der Waals surface area contributed by atoms with Gasteiger partial charge in [0.25, 0.3) is 0 Å². The molecule has 1 atom stereocenters. The number of nitrogens with zero attached hydrogens (tertiary/aromatic N) is 2. The number of hydrogen-bond acceptors (Lipinski definition) is 3. The first-order valence-electron chi connectivity index (χ1n) is 6.45. The Hall–Kier alpha value is -1.88. The van der Waals surface area contributed by atoms with Crippen LogP contribution in [0.15, 0.2) is 18.2 Å². The summed E-state index contributed by atoms with van der Waals surface area (Å²) in [7, 11) is 1.99. The molecule has 2 rings (SSSR count). The van der Waals surface area contributed by atoms with Crippen LogP contribution in [0, 0.1) is 6.92 Å². The highest BCUT2D eigenvalue weighted by Gasteiger charge is 2.16. The Kier molecular flexibility index (Phi) is 3.85. The van der Waals surface area contributed by atoms with Crippen molar-refractivity contribution in [2.75, 3.05) is 13.1 Å². The molecular weight excluding hydrogens is 240 g/mol. The van der Waals surface area contributed by atoms with Gasteiger partial charge in [0, 0.05) is 20.1 Å². The molecule has 0 aliphatic heterocycles. The molecule has 0 spiro atoms. The van der Waals surface area contributed by atoms with Crippen molar-refractivity contribution in [3.05, 3.63) is 29.6 Å². The number of nitrogens with two attached hydrogens (primary N) is 1. The molecule has 0 aliphatic carbocycles. The Labute approximate surface area is 112 Å². The van der Waals surface area contributed by atoms with Crippen LogP contribution in [0.1, 0.15) is 24.2 Å². The molecule has 2 aromatic rings. The van der Waals surface area contributed by atoms with Gasteiger partial charge >= 0.3 is 0 Å². The van der Waals surface area contributed by atoms with Crippen LogP contribution in [0.25, 0.3) is 11.0 Å². The number of nitrogens with one attached hydrogen (secondary N) is 1. The van der Waals surface area contributed by atoms with Gasteiger partial charge in [0.05, 0.1) is 17.0 Å². The first-order valence-corrected chi connectivity index (χ1v) is 6.45. The SMILES string of the molecule is Cc1nc2cc(C(C)C(=O)NCCN)ccc2n1C. The molecule has 0 aliphatic rings. The monoisotopic (exact) mass is 260 g/mol. The maximum atomic E-state index is 11.9. The number of benzene rings is 1. The van der Waals surface area contributed by atoms with Crippen molar-refractivity contribution >= 4 is 16.9 Å². The van der Waals surface area contributed by atoms with Crippen molar-refractivity contribution in [3.63, 3.8) is 0 Å². The molecule has 0 saturated carbocycles. The van der Waals surface area contributed by atoms with Gasteiger partial charge in [0.2, 0.25) is 5.91 Å². The highest BCUT2D eigenvalue weighted by molar-refractivity contribution is 5.85. The molecular formula is C14H20N4O. The van der Waals surface area contributed by atoms with Crippen LogP contribution in [0.2, 0.25) is 0 Å². The summed E-state index contributed by atoms with van der Waals surface area (Å²) >= 11 is 0. The van der Waals surface area contributed by atoms with Crippen LogP contribution in [0.5, 0.6) is 0 Å². The molecule has 19 heavy (non-hydrogen) atoms. The summed E-state index contributed by atoms with van der Waals surface area (Å²) in [5.41, 5.74) is 8.36. The first kappa shape index (κ1) is 13.5. The van der Waals surface area contributed by atoms with Gasteiger partial charge in [0.15, 0.2) is 0 Å². The van der Waals surface area contributed by atoms with Crippen LogP contribution in [0.4, 0.5) is 0 Å². The second-order valence-corrected chi connectivity index (χ2v) is 4.77. The van der Waals surface area contributed by atoms with Crippen LogP contribution in [0.3, 0.4) is 0 Å². The van der Waals surface area contributed by atoms with Crippen LogP contribution >= 0.6 is 0 Å². The lowest BCUT2D eigenvalue weighted by atomic mass is 10.00. The van der Waals surface area contributed by atoms with Gasteiger partial charge in [-0.15, -0.1) is 0 Å². The minimum absolute atomic E-state index is 0.00236. The molecule has 0 radical (unpaired) electrons. The van der Waals surface area contributed by atoms with E-state index < -0.39 is 0 Å². The van der Waals surface area contributed by atoms with Crippen molar-refractivity contribution in [1.29, 1.82) is 0 Å². The number of aryl methyl sites for hydroxylation is 2. The molecule has 102 valence electrons. The zero-order chi connectivity index (χ0) is 14.0. The van der Waals surface area contributed by atoms with E-state index in [1.807, 2.05) is 43.7 Å². The molecule has 5 nitrogen and oxygen atoms in total. The summed E-state index contributed by atoms with van der Waals surface area (Å²) in [6.45, 7) is 4.82. The normalized spacial score (nSPS) is 12.6. The number of hydrogen-bond donors (Lipinski definition) is 2. The third kappa shape index (κ3) is 2.61. The van der Waals surface area contributed by atoms with Crippen molar-refractivity contribution in [3.8, 4) is 0 Å². The Balaban J connectivity index is 2.28. The summed E-state index contributed by atoms with van der Waals surface area (Å²) in [5.74, 6) is 0.767. The molecule has 0 saturated heterocycles. The van der Waals surface area contributed by atoms with E-state index in [0.29, 0.717) is 13.1 Å². The lowest BCUT2D eigenvalue weighted by Crippen LogP contribution is -2.32. The largest absolute Gasteiger partial charge is 0.354 e. The molecule has 3 N–H and O–H groups in total. The van der Waals surface area contributed by atoms with Crippen LogP contribution in [-0.2, 0) is 11.8 Å². The first-order chi connectivity index (χ1) is 9.04. The lowest BCUT2D eigenvalue weighted by molar-refractivity contribution is -0.122. The lowest BCUT2D eigenvalue weighted by Gasteiger charge is -2.12. The summed E-state index contributed by atoms with van der Waals surface area (Å²) in [6.07, 6.45) is 0. The molecule has 1 aromatic carbocycles. The Bertz CT molecular complexity index is 603. The van der Waals surface area contributed by atoms with Gasteiger partial charge in [-0.1, -0.05) is 6.07 Å². The predicted octanol–water partition coefficient (Wildman–Crippen LogP) is 1.06. The van der Waals surface area contributed by atoms with Gasteiger partial charge in [0.1, 0.15) is 5.82 Å². The van der Waals surface area contributed by atoms with Crippen molar-refractivity contribution in [1.82, 2.24) is 14.9 Å². The van der Waals surface area contributed by atoms with E-state index in [9.17, 15) is 4.79 Å². The maximum Gasteiger partial charge on any atom is 0.227 e. The summed E-state index contributed by atoms with van der Waals surface area (Å²) in [5, 5.41) is 2.81. The highest BCUT2D eigenvalue weighted by Crippen LogP contribution is 2.21. The van der Waals surface area contributed by atoms with Gasteiger partial charge in [-0.3, -0.25) is 4.79 Å². The summed E-state index contributed by atoms with van der Waals surface area (Å²) in [4.78, 5) is 16.4. The standard InChI is InChI=1S/C14H20N4O/c1-9(14(19)16-7-6-15)11-4-5-13-12(8-11)17-10(2)18(13)3/h4-5,8-9H,6-7,15H2,1-3H3,(H,16,19). The van der Waals surface area contributed by atoms with Crippen molar-refractivity contribution in [2.45, 2.75) is 19.8 Å². The van der Waals surface area contributed by atoms with E-state index in [-0.39, 0.29) is 11.8 Å². The van der Waals surface area contributed by atoms with Crippen LogP contribution in [-0.4, -0.2) is 28.5 Å². The second kappa shape index (κ2) is 5.40. The zero-order valence-electron chi connectivity index (χ0n) is 11.6. The molecule has 1 amide bonds. The summed E-state index contributed by atoms with van der Waals surface area (Å²) < 4.78 is 2.04. The average molecular weight is 260 g/mol. The van der Waals surface area contributed by atoms with Gasteiger partial charge in [-0.25, -0.2) is 4.98 Å². The van der Waals surface area contributed by atoms with Gasteiger partial charge in [-0.2, -0.15) is 0 Å². The van der Waals surface area contributed by atoms with Crippen molar-refractivity contribution in [2.24, 2.45) is 12.8 Å². The number of fused-ring (bicyclic) bond motifs is 1.